The number of benzene rings is 1. The smallest absolute Gasteiger partial charge is 0.310 e. The average molecular weight is 270 g/mol. The van der Waals surface area contributed by atoms with Gasteiger partial charge in [-0.25, -0.2) is 8.42 Å². The Labute approximate surface area is 108 Å². The summed E-state index contributed by atoms with van der Waals surface area (Å²) < 4.78 is 21.9. The number of rotatable bonds is 7. The molecule has 0 amide bonds. The molecule has 0 heterocycles. The summed E-state index contributed by atoms with van der Waals surface area (Å²) in [6, 6.07) is 9.03. The van der Waals surface area contributed by atoms with Crippen molar-refractivity contribution in [1.29, 1.82) is 0 Å². The van der Waals surface area contributed by atoms with E-state index in [2.05, 4.69) is 0 Å². The van der Waals surface area contributed by atoms with Gasteiger partial charge in [0.05, 0.1) is 5.92 Å². The van der Waals surface area contributed by atoms with Gasteiger partial charge in [0.15, 0.2) is 0 Å². The Balaban J connectivity index is 2.53. The first kappa shape index (κ1) is 14.7. The van der Waals surface area contributed by atoms with Crippen molar-refractivity contribution in [3.05, 3.63) is 35.9 Å². The average Bonchev–Trinajstić information content (AvgIpc) is 2.28. The van der Waals surface area contributed by atoms with E-state index in [1.807, 2.05) is 18.2 Å². The number of carboxylic acid groups (broad SMARTS) is 1. The number of carbonyl (C=O) groups is 1. The van der Waals surface area contributed by atoms with Gasteiger partial charge < -0.3 is 5.11 Å². The third-order valence-corrected chi connectivity index (χ3v) is 3.79. The van der Waals surface area contributed by atoms with Crippen LogP contribution in [0.3, 0.4) is 0 Å². The molecule has 0 aliphatic rings. The van der Waals surface area contributed by atoms with E-state index in [9.17, 15) is 13.2 Å². The van der Waals surface area contributed by atoms with Crippen molar-refractivity contribution in [2.24, 2.45) is 0 Å². The zero-order valence-electron chi connectivity index (χ0n) is 10.4. The Kier molecular flexibility index (Phi) is 5.34. The highest BCUT2D eigenvalue weighted by atomic mass is 32.2. The lowest BCUT2D eigenvalue weighted by Crippen LogP contribution is -2.12. The lowest BCUT2D eigenvalue weighted by molar-refractivity contribution is -0.139. The largest absolute Gasteiger partial charge is 0.481 e. The Bertz CT molecular complexity index is 479. The minimum atomic E-state index is -2.95. The van der Waals surface area contributed by atoms with Crippen LogP contribution in [0.15, 0.2) is 30.3 Å². The summed E-state index contributed by atoms with van der Waals surface area (Å²) in [4.78, 5) is 11.2. The predicted octanol–water partition coefficient (Wildman–Crippen LogP) is 2.07. The number of unbranched alkanes of at least 4 members (excludes halogenated alkanes) is 1. The molecule has 1 aromatic carbocycles. The highest BCUT2D eigenvalue weighted by Gasteiger charge is 2.19. The van der Waals surface area contributed by atoms with E-state index in [0.29, 0.717) is 19.3 Å². The van der Waals surface area contributed by atoms with Gasteiger partial charge in [0.2, 0.25) is 0 Å². The van der Waals surface area contributed by atoms with Crippen LogP contribution in [0.4, 0.5) is 0 Å². The van der Waals surface area contributed by atoms with Crippen LogP contribution in [0.1, 0.15) is 30.7 Å². The Morgan fingerprint density at radius 2 is 1.83 bits per heavy atom. The van der Waals surface area contributed by atoms with Crippen LogP contribution >= 0.6 is 0 Å². The zero-order valence-corrected chi connectivity index (χ0v) is 11.2. The van der Waals surface area contributed by atoms with E-state index in [-0.39, 0.29) is 5.75 Å². The number of sulfone groups is 1. The lowest BCUT2D eigenvalue weighted by atomic mass is 9.94. The third-order valence-electron chi connectivity index (χ3n) is 2.76. The van der Waals surface area contributed by atoms with Crippen molar-refractivity contribution in [2.75, 3.05) is 12.0 Å². The summed E-state index contributed by atoms with van der Waals surface area (Å²) in [6.07, 6.45) is 2.77. The number of hydrogen-bond acceptors (Lipinski definition) is 3. The minimum absolute atomic E-state index is 0.119. The van der Waals surface area contributed by atoms with Gasteiger partial charge in [-0.3, -0.25) is 4.79 Å². The number of aliphatic carboxylic acids is 1. The molecule has 0 spiro atoms. The molecule has 5 heteroatoms. The standard InChI is InChI=1S/C13H18O4S/c1-18(16,17)10-6-5-9-12(13(14)15)11-7-3-2-4-8-11/h2-4,7-8,12H,5-6,9-10H2,1H3,(H,14,15). The van der Waals surface area contributed by atoms with Crippen molar-refractivity contribution in [2.45, 2.75) is 25.2 Å². The molecule has 0 bridgehead atoms. The molecule has 100 valence electrons. The van der Waals surface area contributed by atoms with Crippen LogP contribution in [0.25, 0.3) is 0 Å². The molecule has 0 saturated heterocycles. The second-order valence-electron chi connectivity index (χ2n) is 4.43. The molecule has 0 aromatic heterocycles. The van der Waals surface area contributed by atoms with Crippen LogP contribution in [0.2, 0.25) is 0 Å². The first-order chi connectivity index (χ1) is 8.40. The molecule has 1 rings (SSSR count). The van der Waals surface area contributed by atoms with Gasteiger partial charge in [-0.15, -0.1) is 0 Å². The van der Waals surface area contributed by atoms with E-state index in [0.717, 1.165) is 5.56 Å². The molecule has 1 unspecified atom stereocenters. The summed E-state index contributed by atoms with van der Waals surface area (Å²) in [5, 5.41) is 9.17. The van der Waals surface area contributed by atoms with Gasteiger partial charge in [-0.1, -0.05) is 36.8 Å². The Morgan fingerprint density at radius 1 is 1.22 bits per heavy atom. The van der Waals surface area contributed by atoms with Crippen molar-refractivity contribution in [3.8, 4) is 0 Å². The molecular formula is C13H18O4S. The molecule has 1 aromatic rings. The van der Waals surface area contributed by atoms with Gasteiger partial charge in [-0.05, 0) is 18.4 Å². The molecule has 18 heavy (non-hydrogen) atoms. The Morgan fingerprint density at radius 3 is 2.33 bits per heavy atom. The number of carboxylic acids is 1. The Hall–Kier alpha value is -1.36. The van der Waals surface area contributed by atoms with E-state index in [4.69, 9.17) is 5.11 Å². The number of hydrogen-bond donors (Lipinski definition) is 1. The van der Waals surface area contributed by atoms with E-state index >= 15 is 0 Å². The van der Waals surface area contributed by atoms with Crippen molar-refractivity contribution < 1.29 is 18.3 Å². The van der Waals surface area contributed by atoms with Crippen LogP contribution < -0.4 is 0 Å². The maximum Gasteiger partial charge on any atom is 0.310 e. The summed E-state index contributed by atoms with van der Waals surface area (Å²) in [5.74, 6) is -1.29. The molecule has 1 N–H and O–H groups in total. The van der Waals surface area contributed by atoms with Crippen LogP contribution in [0.5, 0.6) is 0 Å². The molecule has 4 nitrogen and oxygen atoms in total. The highest BCUT2D eigenvalue weighted by Crippen LogP contribution is 2.22. The zero-order chi connectivity index (χ0) is 13.6. The van der Waals surface area contributed by atoms with Crippen LogP contribution in [-0.2, 0) is 14.6 Å². The monoisotopic (exact) mass is 270 g/mol. The first-order valence-electron chi connectivity index (χ1n) is 5.85. The SMILES string of the molecule is CS(=O)(=O)CCCCC(C(=O)O)c1ccccc1. The summed E-state index contributed by atoms with van der Waals surface area (Å²) >= 11 is 0. The van der Waals surface area contributed by atoms with Gasteiger partial charge in [0.1, 0.15) is 9.84 Å². The molecule has 0 radical (unpaired) electrons. The first-order valence-corrected chi connectivity index (χ1v) is 7.91. The molecule has 0 aliphatic heterocycles. The van der Waals surface area contributed by atoms with Gasteiger partial charge >= 0.3 is 5.97 Å². The molecule has 0 fully saturated rings. The fourth-order valence-corrected chi connectivity index (χ4v) is 2.56. The maximum atomic E-state index is 11.2. The van der Waals surface area contributed by atoms with Gasteiger partial charge in [-0.2, -0.15) is 0 Å². The summed E-state index contributed by atoms with van der Waals surface area (Å²) in [6.45, 7) is 0. The normalized spacial score (nSPS) is 13.2. The van der Waals surface area contributed by atoms with Crippen molar-refractivity contribution in [1.82, 2.24) is 0 Å². The summed E-state index contributed by atoms with van der Waals surface area (Å²) in [7, 11) is -2.95. The molecule has 0 aliphatic carbocycles. The van der Waals surface area contributed by atoms with Gasteiger partial charge in [0.25, 0.3) is 0 Å². The van der Waals surface area contributed by atoms with Crippen molar-refractivity contribution in [3.63, 3.8) is 0 Å². The van der Waals surface area contributed by atoms with E-state index in [1.54, 1.807) is 12.1 Å². The van der Waals surface area contributed by atoms with Crippen LogP contribution in [-0.4, -0.2) is 31.5 Å². The fraction of sp³-hybridized carbons (Fsp3) is 0.462. The summed E-state index contributed by atoms with van der Waals surface area (Å²) in [5.41, 5.74) is 0.768. The molecule has 0 saturated carbocycles. The molecular weight excluding hydrogens is 252 g/mol. The quantitative estimate of drug-likeness (QED) is 0.770. The molecule has 1 atom stereocenters. The minimum Gasteiger partial charge on any atom is -0.481 e. The third kappa shape index (κ3) is 5.31. The lowest BCUT2D eigenvalue weighted by Gasteiger charge is -2.12. The van der Waals surface area contributed by atoms with Crippen molar-refractivity contribution >= 4 is 15.8 Å². The van der Waals surface area contributed by atoms with E-state index < -0.39 is 21.7 Å². The van der Waals surface area contributed by atoms with Crippen LogP contribution in [0, 0.1) is 0 Å². The van der Waals surface area contributed by atoms with Gasteiger partial charge in [0, 0.05) is 12.0 Å². The highest BCUT2D eigenvalue weighted by molar-refractivity contribution is 7.90. The second kappa shape index (κ2) is 6.54. The predicted molar refractivity (Wildman–Crippen MR) is 70.4 cm³/mol. The second-order valence-corrected chi connectivity index (χ2v) is 6.69. The topological polar surface area (TPSA) is 71.4 Å². The fourth-order valence-electron chi connectivity index (χ4n) is 1.83. The maximum absolute atomic E-state index is 11.2. The van der Waals surface area contributed by atoms with E-state index in [1.165, 1.54) is 6.26 Å².